The molecule has 9 heteroatoms. The van der Waals surface area contributed by atoms with Crippen molar-refractivity contribution in [1.82, 2.24) is 9.21 Å². The van der Waals surface area contributed by atoms with Crippen LogP contribution in [0.25, 0.3) is 0 Å². The largest absolute Gasteiger partial charge is 0.480 e. The average molecular weight is 280 g/mol. The fraction of sp³-hybridized carbons (Fsp3) is 0.778. The van der Waals surface area contributed by atoms with Gasteiger partial charge in [-0.1, -0.05) is 0 Å². The lowest BCUT2D eigenvalue weighted by Crippen LogP contribution is -2.50. The molecule has 1 heterocycles. The number of carbonyl (C=O) groups excluding carboxylic acids is 1. The van der Waals surface area contributed by atoms with E-state index in [1.165, 1.54) is 4.31 Å². The zero-order chi connectivity index (χ0) is 13.8. The van der Waals surface area contributed by atoms with Crippen molar-refractivity contribution < 1.29 is 27.9 Å². The fourth-order valence-electron chi connectivity index (χ4n) is 1.66. The van der Waals surface area contributed by atoms with Gasteiger partial charge >= 0.3 is 11.9 Å². The summed E-state index contributed by atoms with van der Waals surface area (Å²) in [4.78, 5) is 23.1. The number of rotatable bonds is 5. The summed E-state index contributed by atoms with van der Waals surface area (Å²) in [6.07, 6.45) is 0. The van der Waals surface area contributed by atoms with Gasteiger partial charge in [-0.25, -0.2) is 8.42 Å². The molecule has 0 saturated carbocycles. The maximum absolute atomic E-state index is 11.8. The highest BCUT2D eigenvalue weighted by Crippen LogP contribution is 2.08. The highest BCUT2D eigenvalue weighted by Gasteiger charge is 2.29. The van der Waals surface area contributed by atoms with Gasteiger partial charge in [0, 0.05) is 26.2 Å². The number of esters is 1. The third-order valence-corrected chi connectivity index (χ3v) is 4.36. The zero-order valence-electron chi connectivity index (χ0n) is 10.0. The Bertz CT molecular complexity index is 413. The summed E-state index contributed by atoms with van der Waals surface area (Å²) < 4.78 is 29.0. The number of ether oxygens (including phenoxy) is 1. The normalized spacial score (nSPS) is 18.5. The predicted octanol–water partition coefficient (Wildman–Crippen LogP) is -1.81. The van der Waals surface area contributed by atoms with E-state index in [-0.39, 0.29) is 19.6 Å². The Morgan fingerprint density at radius 3 is 2.22 bits per heavy atom. The zero-order valence-corrected chi connectivity index (χ0v) is 10.9. The van der Waals surface area contributed by atoms with E-state index < -0.39 is 27.7 Å². The topological polar surface area (TPSA) is 104 Å². The van der Waals surface area contributed by atoms with Crippen LogP contribution in [0.2, 0.25) is 0 Å². The Kier molecular flexibility index (Phi) is 5.05. The van der Waals surface area contributed by atoms with Crippen LogP contribution in [0.4, 0.5) is 0 Å². The second-order valence-electron chi connectivity index (χ2n) is 3.90. The van der Waals surface area contributed by atoms with Crippen molar-refractivity contribution in [2.24, 2.45) is 0 Å². The predicted molar refractivity (Wildman–Crippen MR) is 61.5 cm³/mol. The molecule has 1 aliphatic rings. The van der Waals surface area contributed by atoms with Gasteiger partial charge < -0.3 is 9.84 Å². The molecular weight excluding hydrogens is 264 g/mol. The number of carboxylic acid groups (broad SMARTS) is 1. The van der Waals surface area contributed by atoms with Gasteiger partial charge in [-0.2, -0.15) is 4.31 Å². The van der Waals surface area contributed by atoms with E-state index in [4.69, 9.17) is 5.11 Å². The lowest BCUT2D eigenvalue weighted by Gasteiger charge is -2.32. The van der Waals surface area contributed by atoms with Gasteiger partial charge in [0.15, 0.2) is 5.75 Å². The molecule has 104 valence electrons. The van der Waals surface area contributed by atoms with Crippen LogP contribution in [0.5, 0.6) is 0 Å². The molecule has 0 spiro atoms. The summed E-state index contributed by atoms with van der Waals surface area (Å²) >= 11 is 0. The van der Waals surface area contributed by atoms with Crippen molar-refractivity contribution in [3.63, 3.8) is 0 Å². The third kappa shape index (κ3) is 4.24. The number of nitrogens with zero attached hydrogens (tertiary/aromatic N) is 2. The van der Waals surface area contributed by atoms with Crippen molar-refractivity contribution in [1.29, 1.82) is 0 Å². The Morgan fingerprint density at radius 2 is 1.78 bits per heavy atom. The molecular formula is C9H16N2O6S. The molecule has 0 unspecified atom stereocenters. The highest BCUT2D eigenvalue weighted by atomic mass is 32.2. The van der Waals surface area contributed by atoms with Gasteiger partial charge in [-0.05, 0) is 0 Å². The van der Waals surface area contributed by atoms with Gasteiger partial charge in [0.2, 0.25) is 10.0 Å². The van der Waals surface area contributed by atoms with Gasteiger partial charge in [0.05, 0.1) is 13.7 Å². The molecule has 0 radical (unpaired) electrons. The first kappa shape index (κ1) is 14.9. The SMILES string of the molecule is COC(=O)CS(=O)(=O)N1CCN(CC(=O)O)CC1. The van der Waals surface area contributed by atoms with Gasteiger partial charge in [-0.15, -0.1) is 0 Å². The van der Waals surface area contributed by atoms with Crippen LogP contribution in [-0.4, -0.2) is 80.3 Å². The molecule has 1 fully saturated rings. The number of hydrogen-bond acceptors (Lipinski definition) is 6. The van der Waals surface area contributed by atoms with Crippen LogP contribution in [0.15, 0.2) is 0 Å². The molecule has 1 aliphatic heterocycles. The monoisotopic (exact) mass is 280 g/mol. The molecule has 1 N–H and O–H groups in total. The van der Waals surface area contributed by atoms with Gasteiger partial charge in [-0.3, -0.25) is 14.5 Å². The summed E-state index contributed by atoms with van der Waals surface area (Å²) in [6, 6.07) is 0. The van der Waals surface area contributed by atoms with Crippen molar-refractivity contribution in [2.45, 2.75) is 0 Å². The molecule has 0 atom stereocenters. The molecule has 0 aromatic heterocycles. The van der Waals surface area contributed by atoms with Crippen LogP contribution in [-0.2, 0) is 24.3 Å². The summed E-state index contributed by atoms with van der Waals surface area (Å²) in [5.74, 6) is -2.42. The van der Waals surface area contributed by atoms with Crippen LogP contribution in [0.3, 0.4) is 0 Å². The first-order chi connectivity index (χ1) is 8.35. The minimum atomic E-state index is -3.66. The van der Waals surface area contributed by atoms with E-state index in [2.05, 4.69) is 4.74 Å². The van der Waals surface area contributed by atoms with Crippen LogP contribution in [0, 0.1) is 0 Å². The number of piperazine rings is 1. The molecule has 1 rings (SSSR count). The van der Waals surface area contributed by atoms with Crippen LogP contribution >= 0.6 is 0 Å². The minimum Gasteiger partial charge on any atom is -0.480 e. The average Bonchev–Trinajstić information content (AvgIpc) is 2.28. The summed E-state index contributed by atoms with van der Waals surface area (Å²) in [7, 11) is -2.53. The second-order valence-corrected chi connectivity index (χ2v) is 5.87. The lowest BCUT2D eigenvalue weighted by molar-refractivity contribution is -0.139. The summed E-state index contributed by atoms with van der Waals surface area (Å²) in [5, 5.41) is 8.61. The second kappa shape index (κ2) is 6.12. The molecule has 0 bridgehead atoms. The Morgan fingerprint density at radius 1 is 1.22 bits per heavy atom. The number of hydrogen-bond donors (Lipinski definition) is 1. The van der Waals surface area contributed by atoms with Gasteiger partial charge in [0.25, 0.3) is 0 Å². The van der Waals surface area contributed by atoms with E-state index in [1.54, 1.807) is 4.90 Å². The first-order valence-corrected chi connectivity index (χ1v) is 6.95. The first-order valence-electron chi connectivity index (χ1n) is 5.34. The number of aliphatic carboxylic acids is 1. The van der Waals surface area contributed by atoms with Gasteiger partial charge in [0.1, 0.15) is 0 Å². The molecule has 18 heavy (non-hydrogen) atoms. The molecule has 1 saturated heterocycles. The molecule has 0 aliphatic carbocycles. The summed E-state index contributed by atoms with van der Waals surface area (Å²) in [5.41, 5.74) is 0. The van der Waals surface area contributed by atoms with E-state index in [0.29, 0.717) is 13.1 Å². The lowest BCUT2D eigenvalue weighted by atomic mass is 10.3. The van der Waals surface area contributed by atoms with E-state index in [0.717, 1.165) is 7.11 Å². The number of sulfonamides is 1. The molecule has 0 amide bonds. The van der Waals surface area contributed by atoms with Crippen molar-refractivity contribution in [3.8, 4) is 0 Å². The molecule has 0 aromatic rings. The fourth-order valence-corrected chi connectivity index (χ4v) is 2.97. The van der Waals surface area contributed by atoms with Crippen LogP contribution in [0.1, 0.15) is 0 Å². The number of methoxy groups -OCH3 is 1. The van der Waals surface area contributed by atoms with Crippen LogP contribution < -0.4 is 0 Å². The Balaban J connectivity index is 2.51. The van der Waals surface area contributed by atoms with Crippen molar-refractivity contribution in [2.75, 3.05) is 45.6 Å². The van der Waals surface area contributed by atoms with E-state index >= 15 is 0 Å². The van der Waals surface area contributed by atoms with Crippen molar-refractivity contribution >= 4 is 22.0 Å². The number of carboxylic acids is 1. The highest BCUT2D eigenvalue weighted by molar-refractivity contribution is 7.89. The summed E-state index contributed by atoms with van der Waals surface area (Å²) in [6.45, 7) is 0.948. The standard InChI is InChI=1S/C9H16N2O6S/c1-17-9(14)7-18(15,16)11-4-2-10(3-5-11)6-8(12)13/h2-7H2,1H3,(H,12,13). The van der Waals surface area contributed by atoms with Crippen molar-refractivity contribution in [3.05, 3.63) is 0 Å². The quantitative estimate of drug-likeness (QED) is 0.592. The van der Waals surface area contributed by atoms with E-state index in [9.17, 15) is 18.0 Å². The maximum Gasteiger partial charge on any atom is 0.322 e. The molecule has 8 nitrogen and oxygen atoms in total. The number of carbonyl (C=O) groups is 2. The third-order valence-electron chi connectivity index (χ3n) is 2.61. The Hall–Kier alpha value is -1.19. The maximum atomic E-state index is 11.8. The Labute approximate surface area is 105 Å². The smallest absolute Gasteiger partial charge is 0.322 e. The van der Waals surface area contributed by atoms with E-state index in [1.807, 2.05) is 0 Å². The minimum absolute atomic E-state index is 0.106. The molecule has 0 aromatic carbocycles.